The minimum absolute atomic E-state index is 0.128. The highest BCUT2D eigenvalue weighted by atomic mass is 35.5. The van der Waals surface area contributed by atoms with Crippen LogP contribution in [-0.4, -0.2) is 40.3 Å². The number of ether oxygens (including phenoxy) is 1. The summed E-state index contributed by atoms with van der Waals surface area (Å²) in [5, 5.41) is 4.22. The number of halogens is 1. The van der Waals surface area contributed by atoms with Crippen LogP contribution in [0.3, 0.4) is 0 Å². The zero-order chi connectivity index (χ0) is 21.4. The molecule has 7 nitrogen and oxygen atoms in total. The van der Waals surface area contributed by atoms with E-state index in [2.05, 4.69) is 10.3 Å². The minimum Gasteiger partial charge on any atom is -0.466 e. The highest BCUT2D eigenvalue weighted by Crippen LogP contribution is 2.21. The van der Waals surface area contributed by atoms with E-state index in [0.29, 0.717) is 47.2 Å². The second-order valence-electron chi connectivity index (χ2n) is 6.91. The van der Waals surface area contributed by atoms with E-state index in [4.69, 9.17) is 16.3 Å². The molecule has 0 saturated carbocycles. The largest absolute Gasteiger partial charge is 0.466 e. The number of aromatic nitrogens is 2. The Balaban J connectivity index is 2.04. The molecule has 1 aromatic carbocycles. The van der Waals surface area contributed by atoms with Crippen molar-refractivity contribution in [1.29, 1.82) is 0 Å². The van der Waals surface area contributed by atoms with Crippen molar-refractivity contribution in [2.24, 2.45) is 5.92 Å². The molecule has 0 aliphatic heterocycles. The van der Waals surface area contributed by atoms with Gasteiger partial charge in [-0.25, -0.2) is 4.98 Å². The second kappa shape index (κ2) is 11.2. The summed E-state index contributed by atoms with van der Waals surface area (Å²) in [6.45, 7) is 7.02. The third-order valence-electron chi connectivity index (χ3n) is 3.95. The van der Waals surface area contributed by atoms with Gasteiger partial charge in [-0.05, 0) is 37.5 Å². The minimum atomic E-state index is -0.269. The quantitative estimate of drug-likeness (QED) is 0.264. The van der Waals surface area contributed by atoms with Crippen molar-refractivity contribution < 1.29 is 14.3 Å². The topological polar surface area (TPSA) is 90.3 Å². The van der Waals surface area contributed by atoms with Crippen LogP contribution in [0.4, 0.5) is 0 Å². The van der Waals surface area contributed by atoms with Crippen molar-refractivity contribution in [3.05, 3.63) is 33.6 Å². The van der Waals surface area contributed by atoms with E-state index in [9.17, 15) is 14.4 Å². The van der Waals surface area contributed by atoms with E-state index >= 15 is 0 Å². The molecule has 0 aliphatic carbocycles. The number of nitrogens with zero attached hydrogens (tertiary/aromatic N) is 2. The number of thioether (sulfide) groups is 1. The molecule has 9 heteroatoms. The first-order valence-electron chi connectivity index (χ1n) is 9.57. The molecule has 0 radical (unpaired) electrons. The molecule has 0 fully saturated rings. The predicted octanol–water partition coefficient (Wildman–Crippen LogP) is 3.26. The van der Waals surface area contributed by atoms with E-state index in [1.54, 1.807) is 29.7 Å². The summed E-state index contributed by atoms with van der Waals surface area (Å²) in [7, 11) is 0. The lowest BCUT2D eigenvalue weighted by Gasteiger charge is -2.15. The molecule has 1 N–H and O–H groups in total. The Morgan fingerprint density at radius 1 is 1.34 bits per heavy atom. The summed E-state index contributed by atoms with van der Waals surface area (Å²) >= 11 is 7.24. The van der Waals surface area contributed by atoms with Crippen LogP contribution in [0.5, 0.6) is 0 Å². The number of hydrogen-bond donors (Lipinski definition) is 1. The molecule has 2 rings (SSSR count). The van der Waals surface area contributed by atoms with Crippen molar-refractivity contribution in [3.63, 3.8) is 0 Å². The van der Waals surface area contributed by atoms with E-state index < -0.39 is 0 Å². The number of esters is 1. The molecule has 1 amide bonds. The van der Waals surface area contributed by atoms with Crippen LogP contribution in [0.25, 0.3) is 10.9 Å². The molecule has 0 spiro atoms. The van der Waals surface area contributed by atoms with Crippen LogP contribution in [0.1, 0.15) is 33.6 Å². The standard InChI is InChI=1S/C20H26ClN3O4S/c1-4-28-18(26)6-5-9-22-17(25)12-29-20-23-16-8-7-14(21)10-15(16)19(27)24(20)11-13(2)3/h7-8,10,13H,4-6,9,11-12H2,1-3H3,(H,22,25). The Morgan fingerprint density at radius 3 is 2.79 bits per heavy atom. The maximum Gasteiger partial charge on any atom is 0.305 e. The average molecular weight is 440 g/mol. The molecule has 158 valence electrons. The van der Waals surface area contributed by atoms with Crippen LogP contribution < -0.4 is 10.9 Å². The Morgan fingerprint density at radius 2 is 2.10 bits per heavy atom. The van der Waals surface area contributed by atoms with Gasteiger partial charge in [0.2, 0.25) is 5.91 Å². The number of rotatable bonds is 10. The predicted molar refractivity (Wildman–Crippen MR) is 115 cm³/mol. The van der Waals surface area contributed by atoms with Crippen molar-refractivity contribution in [2.45, 2.75) is 45.3 Å². The zero-order valence-electron chi connectivity index (χ0n) is 16.9. The number of nitrogens with one attached hydrogen (secondary N) is 1. The lowest BCUT2D eigenvalue weighted by Crippen LogP contribution is -2.28. The van der Waals surface area contributed by atoms with Gasteiger partial charge in [-0.3, -0.25) is 19.0 Å². The first-order chi connectivity index (χ1) is 13.8. The van der Waals surface area contributed by atoms with Crippen LogP contribution in [0, 0.1) is 5.92 Å². The number of hydrogen-bond acceptors (Lipinski definition) is 6. The fourth-order valence-electron chi connectivity index (χ4n) is 2.68. The number of fused-ring (bicyclic) bond motifs is 1. The van der Waals surface area contributed by atoms with E-state index in [1.165, 1.54) is 11.8 Å². The van der Waals surface area contributed by atoms with Gasteiger partial charge in [0.25, 0.3) is 5.56 Å². The van der Waals surface area contributed by atoms with Crippen LogP contribution >= 0.6 is 23.4 Å². The SMILES string of the molecule is CCOC(=O)CCCNC(=O)CSc1nc2ccc(Cl)cc2c(=O)n1CC(C)C. The van der Waals surface area contributed by atoms with Gasteiger partial charge in [0.15, 0.2) is 5.16 Å². The van der Waals surface area contributed by atoms with Crippen molar-refractivity contribution >= 4 is 46.1 Å². The second-order valence-corrected chi connectivity index (χ2v) is 8.29. The Labute approximate surface area is 179 Å². The lowest BCUT2D eigenvalue weighted by molar-refractivity contribution is -0.143. The molecule has 1 heterocycles. The summed E-state index contributed by atoms with van der Waals surface area (Å²) < 4.78 is 6.45. The molecule has 0 saturated heterocycles. The summed E-state index contributed by atoms with van der Waals surface area (Å²) in [6, 6.07) is 5.01. The highest BCUT2D eigenvalue weighted by molar-refractivity contribution is 7.99. The molecule has 29 heavy (non-hydrogen) atoms. The van der Waals surface area contributed by atoms with Gasteiger partial charge < -0.3 is 10.1 Å². The maximum absolute atomic E-state index is 12.9. The average Bonchev–Trinajstić information content (AvgIpc) is 2.66. The first kappa shape index (κ1) is 23.2. The van der Waals surface area contributed by atoms with Crippen LogP contribution in [0.15, 0.2) is 28.2 Å². The normalized spacial score (nSPS) is 11.1. The monoisotopic (exact) mass is 439 g/mol. The van der Waals surface area contributed by atoms with Gasteiger partial charge in [0, 0.05) is 24.5 Å². The van der Waals surface area contributed by atoms with Gasteiger partial charge in [-0.15, -0.1) is 0 Å². The molecule has 1 aromatic heterocycles. The third kappa shape index (κ3) is 7.04. The van der Waals surface area contributed by atoms with Crippen LogP contribution in [-0.2, 0) is 20.9 Å². The van der Waals surface area contributed by atoms with Crippen molar-refractivity contribution in [1.82, 2.24) is 14.9 Å². The molecule has 0 bridgehead atoms. The Bertz CT molecular complexity index is 930. The highest BCUT2D eigenvalue weighted by Gasteiger charge is 2.15. The summed E-state index contributed by atoms with van der Waals surface area (Å²) in [4.78, 5) is 40.9. The van der Waals surface area contributed by atoms with Crippen molar-refractivity contribution in [2.75, 3.05) is 18.9 Å². The molecular formula is C20H26ClN3O4S. The smallest absolute Gasteiger partial charge is 0.305 e. The molecule has 2 aromatic rings. The van der Waals surface area contributed by atoms with Gasteiger partial charge in [0.1, 0.15) is 0 Å². The van der Waals surface area contributed by atoms with Crippen LogP contribution in [0.2, 0.25) is 5.02 Å². The van der Waals surface area contributed by atoms with Gasteiger partial charge in [-0.2, -0.15) is 0 Å². The summed E-state index contributed by atoms with van der Waals surface area (Å²) in [5.74, 6) is -0.0832. The van der Waals surface area contributed by atoms with Crippen molar-refractivity contribution in [3.8, 4) is 0 Å². The van der Waals surface area contributed by atoms with E-state index in [-0.39, 0.29) is 35.5 Å². The molecule has 0 aliphatic rings. The summed E-state index contributed by atoms with van der Waals surface area (Å²) in [6.07, 6.45) is 0.784. The number of carbonyl (C=O) groups is 2. The Hall–Kier alpha value is -2.06. The molecule has 0 atom stereocenters. The zero-order valence-corrected chi connectivity index (χ0v) is 18.4. The first-order valence-corrected chi connectivity index (χ1v) is 10.9. The summed E-state index contributed by atoms with van der Waals surface area (Å²) in [5.41, 5.74) is 0.389. The molecule has 0 unspecified atom stereocenters. The molecular weight excluding hydrogens is 414 g/mol. The fraction of sp³-hybridized carbons (Fsp3) is 0.500. The van der Waals surface area contributed by atoms with Gasteiger partial charge >= 0.3 is 5.97 Å². The van der Waals surface area contributed by atoms with Gasteiger partial charge in [-0.1, -0.05) is 37.2 Å². The number of carbonyl (C=O) groups excluding carboxylic acids is 2. The van der Waals surface area contributed by atoms with E-state index in [1.807, 2.05) is 13.8 Å². The van der Waals surface area contributed by atoms with E-state index in [0.717, 1.165) is 0 Å². The Kier molecular flexibility index (Phi) is 8.98. The van der Waals surface area contributed by atoms with Gasteiger partial charge in [0.05, 0.1) is 23.3 Å². The third-order valence-corrected chi connectivity index (χ3v) is 5.16. The fourth-order valence-corrected chi connectivity index (χ4v) is 3.69. The number of amides is 1. The number of benzene rings is 1. The lowest BCUT2D eigenvalue weighted by atomic mass is 10.2. The maximum atomic E-state index is 12.9.